The molecule has 0 aliphatic carbocycles. The summed E-state index contributed by atoms with van der Waals surface area (Å²) in [5.41, 5.74) is -0.752. The lowest BCUT2D eigenvalue weighted by Crippen LogP contribution is -2.15. The molecule has 3 aromatic rings. The molecule has 6 nitrogen and oxygen atoms in total. The number of nitrogens with one attached hydrogen (secondary N) is 2. The van der Waals surface area contributed by atoms with Gasteiger partial charge in [-0.15, -0.1) is 0 Å². The summed E-state index contributed by atoms with van der Waals surface area (Å²) in [5.74, 6) is 0.175. The molecule has 32 heavy (non-hydrogen) atoms. The van der Waals surface area contributed by atoms with Gasteiger partial charge in [0.1, 0.15) is 5.75 Å². The molecule has 3 rings (SSSR count). The second-order valence-corrected chi connectivity index (χ2v) is 8.59. The molecule has 0 spiro atoms. The fraction of sp³-hybridized carbons (Fsp3) is 0.0952. The quantitative estimate of drug-likeness (QED) is 0.489. The number of sulfonamides is 1. The predicted molar refractivity (Wildman–Crippen MR) is 115 cm³/mol. The first-order valence-electron chi connectivity index (χ1n) is 8.94. The van der Waals surface area contributed by atoms with Gasteiger partial charge in [-0.25, -0.2) is 8.42 Å². The van der Waals surface area contributed by atoms with Crippen molar-refractivity contribution in [3.8, 4) is 5.75 Å². The van der Waals surface area contributed by atoms with Gasteiger partial charge in [0.25, 0.3) is 15.9 Å². The van der Waals surface area contributed by atoms with Crippen LogP contribution in [0.1, 0.15) is 15.9 Å². The van der Waals surface area contributed by atoms with Crippen molar-refractivity contribution in [2.75, 3.05) is 17.1 Å². The van der Waals surface area contributed by atoms with Gasteiger partial charge in [0, 0.05) is 16.9 Å². The molecular formula is C21H16ClF3N2O4S. The third-order valence-electron chi connectivity index (χ3n) is 4.30. The number of ether oxygens (including phenoxy) is 1. The standard InChI is InChI=1S/C21H16ClF3N2O4S/c1-31-16-7-2-13(3-8-16)20(28)26-14-4-9-17(10-5-14)32(29,30)27-15-6-11-19(22)18(12-15)21(23,24)25/h2-12,27H,1H3,(H,26,28). The normalized spacial score (nSPS) is 11.7. The molecular weight excluding hydrogens is 469 g/mol. The van der Waals surface area contributed by atoms with Gasteiger partial charge < -0.3 is 10.1 Å². The minimum atomic E-state index is -4.73. The fourth-order valence-corrected chi connectivity index (χ4v) is 3.96. The Hall–Kier alpha value is -3.24. The van der Waals surface area contributed by atoms with E-state index >= 15 is 0 Å². The molecule has 3 aromatic carbocycles. The van der Waals surface area contributed by atoms with Crippen LogP contribution < -0.4 is 14.8 Å². The van der Waals surface area contributed by atoms with Crippen LogP contribution in [0.4, 0.5) is 24.5 Å². The topological polar surface area (TPSA) is 84.5 Å². The number of anilines is 2. The number of alkyl halides is 3. The van der Waals surface area contributed by atoms with E-state index in [4.69, 9.17) is 16.3 Å². The first kappa shape index (κ1) is 23.4. The maximum atomic E-state index is 13.0. The highest BCUT2D eigenvalue weighted by molar-refractivity contribution is 7.92. The molecule has 168 valence electrons. The van der Waals surface area contributed by atoms with Gasteiger partial charge in [0.15, 0.2) is 0 Å². The SMILES string of the molecule is COc1ccc(C(=O)Nc2ccc(S(=O)(=O)Nc3ccc(Cl)c(C(F)(F)F)c3)cc2)cc1. The summed E-state index contributed by atoms with van der Waals surface area (Å²) in [6.07, 6.45) is -4.73. The zero-order valence-corrected chi connectivity index (χ0v) is 18.0. The lowest BCUT2D eigenvalue weighted by Gasteiger charge is -2.13. The molecule has 0 radical (unpaired) electrons. The largest absolute Gasteiger partial charge is 0.497 e. The Morgan fingerprint density at radius 1 is 0.938 bits per heavy atom. The van der Waals surface area contributed by atoms with E-state index in [1.165, 1.54) is 31.4 Å². The van der Waals surface area contributed by atoms with Gasteiger partial charge in [0.2, 0.25) is 0 Å². The molecule has 1 amide bonds. The molecule has 0 atom stereocenters. The average molecular weight is 485 g/mol. The summed E-state index contributed by atoms with van der Waals surface area (Å²) >= 11 is 5.55. The van der Waals surface area contributed by atoms with E-state index in [1.54, 1.807) is 24.3 Å². The average Bonchev–Trinajstić information content (AvgIpc) is 2.74. The first-order chi connectivity index (χ1) is 15.0. The van der Waals surface area contributed by atoms with E-state index in [-0.39, 0.29) is 10.6 Å². The van der Waals surface area contributed by atoms with Crippen LogP contribution in [0.15, 0.2) is 71.6 Å². The Kier molecular flexibility index (Phi) is 6.65. The number of carbonyl (C=O) groups excluding carboxylic acids is 1. The molecule has 0 aliphatic heterocycles. The number of hydrogen-bond acceptors (Lipinski definition) is 4. The lowest BCUT2D eigenvalue weighted by atomic mass is 10.2. The van der Waals surface area contributed by atoms with Gasteiger partial charge in [0.05, 0.1) is 22.6 Å². The van der Waals surface area contributed by atoms with Crippen LogP contribution in [-0.2, 0) is 16.2 Å². The van der Waals surface area contributed by atoms with Crippen molar-refractivity contribution in [2.24, 2.45) is 0 Å². The van der Waals surface area contributed by atoms with Crippen LogP contribution in [0.2, 0.25) is 5.02 Å². The number of halogens is 4. The first-order valence-corrected chi connectivity index (χ1v) is 10.8. The van der Waals surface area contributed by atoms with Crippen LogP contribution in [0.3, 0.4) is 0 Å². The number of hydrogen-bond donors (Lipinski definition) is 2. The van der Waals surface area contributed by atoms with Crippen molar-refractivity contribution < 1.29 is 31.1 Å². The Morgan fingerprint density at radius 2 is 1.53 bits per heavy atom. The Morgan fingerprint density at radius 3 is 2.09 bits per heavy atom. The molecule has 0 fully saturated rings. The van der Waals surface area contributed by atoms with Crippen molar-refractivity contribution in [1.82, 2.24) is 0 Å². The summed E-state index contributed by atoms with van der Waals surface area (Å²) in [5, 5.41) is 2.08. The van der Waals surface area contributed by atoms with Gasteiger partial charge in [-0.1, -0.05) is 11.6 Å². The molecule has 0 saturated heterocycles. The Balaban J connectivity index is 1.74. The zero-order valence-electron chi connectivity index (χ0n) is 16.4. The van der Waals surface area contributed by atoms with Gasteiger partial charge >= 0.3 is 6.18 Å². The van der Waals surface area contributed by atoms with E-state index < -0.39 is 32.7 Å². The predicted octanol–water partition coefficient (Wildman–Crippen LogP) is 5.42. The van der Waals surface area contributed by atoms with Crippen molar-refractivity contribution in [3.63, 3.8) is 0 Å². The summed E-state index contributed by atoms with van der Waals surface area (Å²) in [4.78, 5) is 12.1. The van der Waals surface area contributed by atoms with Crippen LogP contribution in [0.25, 0.3) is 0 Å². The van der Waals surface area contributed by atoms with Crippen molar-refractivity contribution in [3.05, 3.63) is 82.9 Å². The van der Waals surface area contributed by atoms with E-state index in [1.807, 2.05) is 0 Å². The molecule has 11 heteroatoms. The molecule has 0 aromatic heterocycles. The van der Waals surface area contributed by atoms with Crippen molar-refractivity contribution >= 4 is 38.9 Å². The van der Waals surface area contributed by atoms with Gasteiger partial charge in [-0.3, -0.25) is 9.52 Å². The molecule has 0 bridgehead atoms. The Bertz CT molecular complexity index is 1230. The van der Waals surface area contributed by atoms with Crippen molar-refractivity contribution in [2.45, 2.75) is 11.1 Å². The number of benzene rings is 3. The van der Waals surface area contributed by atoms with Crippen LogP contribution in [0, 0.1) is 0 Å². The van der Waals surface area contributed by atoms with Crippen LogP contribution >= 0.6 is 11.6 Å². The number of rotatable bonds is 6. The number of amides is 1. The van der Waals surface area contributed by atoms with E-state index in [0.717, 1.165) is 12.1 Å². The monoisotopic (exact) mass is 484 g/mol. The van der Waals surface area contributed by atoms with Gasteiger partial charge in [-0.2, -0.15) is 13.2 Å². The highest BCUT2D eigenvalue weighted by atomic mass is 35.5. The molecule has 0 unspecified atom stereocenters. The third-order valence-corrected chi connectivity index (χ3v) is 6.03. The van der Waals surface area contributed by atoms with Crippen molar-refractivity contribution in [1.29, 1.82) is 0 Å². The highest BCUT2D eigenvalue weighted by Crippen LogP contribution is 2.36. The zero-order chi connectivity index (χ0) is 23.5. The summed E-state index contributed by atoms with van der Waals surface area (Å²) in [6, 6.07) is 14.2. The minimum absolute atomic E-state index is 0.205. The van der Waals surface area contributed by atoms with Crippen LogP contribution in [-0.4, -0.2) is 21.4 Å². The van der Waals surface area contributed by atoms with E-state index in [2.05, 4.69) is 10.0 Å². The fourth-order valence-electron chi connectivity index (χ4n) is 2.68. The van der Waals surface area contributed by atoms with E-state index in [0.29, 0.717) is 23.1 Å². The summed E-state index contributed by atoms with van der Waals surface area (Å²) < 4.78 is 71.2. The second-order valence-electron chi connectivity index (χ2n) is 6.50. The Labute approximate surface area is 187 Å². The summed E-state index contributed by atoms with van der Waals surface area (Å²) in [7, 11) is -2.68. The molecule has 0 saturated carbocycles. The second kappa shape index (κ2) is 9.09. The molecule has 0 aliphatic rings. The highest BCUT2D eigenvalue weighted by Gasteiger charge is 2.33. The van der Waals surface area contributed by atoms with E-state index in [9.17, 15) is 26.4 Å². The molecule has 0 heterocycles. The third kappa shape index (κ3) is 5.51. The maximum Gasteiger partial charge on any atom is 0.417 e. The number of methoxy groups -OCH3 is 1. The summed E-state index contributed by atoms with van der Waals surface area (Å²) in [6.45, 7) is 0. The lowest BCUT2D eigenvalue weighted by molar-refractivity contribution is -0.137. The number of carbonyl (C=O) groups is 1. The van der Waals surface area contributed by atoms with Crippen LogP contribution in [0.5, 0.6) is 5.75 Å². The van der Waals surface area contributed by atoms with Gasteiger partial charge in [-0.05, 0) is 66.7 Å². The smallest absolute Gasteiger partial charge is 0.417 e. The molecule has 2 N–H and O–H groups in total. The minimum Gasteiger partial charge on any atom is -0.497 e. The maximum absolute atomic E-state index is 13.0.